The lowest BCUT2D eigenvalue weighted by Crippen LogP contribution is -2.28. The van der Waals surface area contributed by atoms with Crippen LogP contribution in [0.1, 0.15) is 49.7 Å². The highest BCUT2D eigenvalue weighted by molar-refractivity contribution is 5.23. The fourth-order valence-corrected chi connectivity index (χ4v) is 3.15. The molecular weight excluding hydrogens is 232 g/mol. The number of nitrogens with one attached hydrogen (secondary N) is 1. The monoisotopic (exact) mass is 258 g/mol. The fourth-order valence-electron chi connectivity index (χ4n) is 3.15. The van der Waals surface area contributed by atoms with Crippen LogP contribution in [0.4, 0.5) is 0 Å². The maximum Gasteiger partial charge on any atom is 0.0233 e. The molecule has 0 heterocycles. The molecule has 0 unspecified atom stereocenters. The van der Waals surface area contributed by atoms with E-state index in [4.69, 9.17) is 0 Å². The van der Waals surface area contributed by atoms with Crippen LogP contribution >= 0.6 is 0 Å². The molecule has 104 valence electrons. The molecule has 19 heavy (non-hydrogen) atoms. The average Bonchev–Trinajstić information content (AvgIpc) is 3.08. The molecule has 0 bridgehead atoms. The summed E-state index contributed by atoms with van der Waals surface area (Å²) in [4.78, 5) is 2.54. The van der Waals surface area contributed by atoms with Crippen molar-refractivity contribution in [2.45, 2.75) is 63.7 Å². The zero-order valence-electron chi connectivity index (χ0n) is 12.1. The Morgan fingerprint density at radius 2 is 1.84 bits per heavy atom. The van der Waals surface area contributed by atoms with Gasteiger partial charge >= 0.3 is 0 Å². The molecule has 0 atom stereocenters. The van der Waals surface area contributed by atoms with Gasteiger partial charge in [-0.1, -0.05) is 37.1 Å². The molecule has 2 heteroatoms. The standard InChI is InChI=1S/C17H26N2/c1-19(17-7-2-3-8-17)13-15-6-4-5-14(11-15)12-18-16-9-10-16/h4-6,11,16-18H,2-3,7-10,12-13H2,1H3. The molecule has 2 aliphatic rings. The van der Waals surface area contributed by atoms with Gasteiger partial charge in [0.05, 0.1) is 0 Å². The lowest BCUT2D eigenvalue weighted by Gasteiger charge is -2.24. The molecule has 1 aromatic carbocycles. The average molecular weight is 258 g/mol. The van der Waals surface area contributed by atoms with Crippen molar-refractivity contribution in [3.05, 3.63) is 35.4 Å². The molecule has 2 aliphatic carbocycles. The van der Waals surface area contributed by atoms with Crippen molar-refractivity contribution in [1.29, 1.82) is 0 Å². The maximum absolute atomic E-state index is 3.59. The summed E-state index contributed by atoms with van der Waals surface area (Å²) in [6, 6.07) is 10.7. The predicted octanol–water partition coefficient (Wildman–Crippen LogP) is 3.31. The summed E-state index contributed by atoms with van der Waals surface area (Å²) < 4.78 is 0. The molecule has 0 aliphatic heterocycles. The molecular formula is C17H26N2. The lowest BCUT2D eigenvalue weighted by molar-refractivity contribution is 0.237. The predicted molar refractivity (Wildman–Crippen MR) is 80.0 cm³/mol. The lowest BCUT2D eigenvalue weighted by atomic mass is 10.1. The summed E-state index contributed by atoms with van der Waals surface area (Å²) in [5, 5.41) is 3.59. The van der Waals surface area contributed by atoms with E-state index < -0.39 is 0 Å². The molecule has 0 saturated heterocycles. The summed E-state index contributed by atoms with van der Waals surface area (Å²) in [5.41, 5.74) is 2.90. The Balaban J connectivity index is 1.55. The first-order chi connectivity index (χ1) is 9.31. The van der Waals surface area contributed by atoms with Crippen LogP contribution in [0, 0.1) is 0 Å². The molecule has 3 rings (SSSR count). The topological polar surface area (TPSA) is 15.3 Å². The van der Waals surface area contributed by atoms with Gasteiger partial charge in [0.15, 0.2) is 0 Å². The van der Waals surface area contributed by atoms with Crippen LogP contribution in [-0.4, -0.2) is 24.0 Å². The van der Waals surface area contributed by atoms with E-state index in [0.29, 0.717) is 0 Å². The summed E-state index contributed by atoms with van der Waals surface area (Å²) in [6.45, 7) is 2.13. The van der Waals surface area contributed by atoms with Gasteiger partial charge in [-0.3, -0.25) is 4.90 Å². The Morgan fingerprint density at radius 1 is 1.11 bits per heavy atom. The summed E-state index contributed by atoms with van der Waals surface area (Å²) in [6.07, 6.45) is 8.34. The molecule has 1 aromatic rings. The zero-order chi connectivity index (χ0) is 13.1. The fraction of sp³-hybridized carbons (Fsp3) is 0.647. The van der Waals surface area contributed by atoms with Crippen LogP contribution in [0.25, 0.3) is 0 Å². The number of rotatable bonds is 6. The Kier molecular flexibility index (Phi) is 4.19. The molecule has 0 aromatic heterocycles. The minimum Gasteiger partial charge on any atom is -0.310 e. The Hall–Kier alpha value is -0.860. The molecule has 2 saturated carbocycles. The second-order valence-corrected chi connectivity index (χ2v) is 6.33. The van der Waals surface area contributed by atoms with Crippen molar-refractivity contribution >= 4 is 0 Å². The quantitative estimate of drug-likeness (QED) is 0.842. The van der Waals surface area contributed by atoms with Gasteiger partial charge in [-0.2, -0.15) is 0 Å². The van der Waals surface area contributed by atoms with Crippen LogP contribution in [0.3, 0.4) is 0 Å². The van der Waals surface area contributed by atoms with Crippen LogP contribution < -0.4 is 5.32 Å². The van der Waals surface area contributed by atoms with Gasteiger partial charge in [0.25, 0.3) is 0 Å². The van der Waals surface area contributed by atoms with E-state index in [0.717, 1.165) is 25.2 Å². The summed E-state index contributed by atoms with van der Waals surface area (Å²) >= 11 is 0. The van der Waals surface area contributed by atoms with Gasteiger partial charge in [-0.05, 0) is 43.9 Å². The van der Waals surface area contributed by atoms with E-state index >= 15 is 0 Å². The van der Waals surface area contributed by atoms with Crippen molar-refractivity contribution in [2.24, 2.45) is 0 Å². The Labute approximate surface area is 117 Å². The van der Waals surface area contributed by atoms with Gasteiger partial charge in [-0.15, -0.1) is 0 Å². The van der Waals surface area contributed by atoms with Crippen molar-refractivity contribution in [3.63, 3.8) is 0 Å². The van der Waals surface area contributed by atoms with Gasteiger partial charge in [0.1, 0.15) is 0 Å². The van der Waals surface area contributed by atoms with E-state index in [1.807, 2.05) is 0 Å². The van der Waals surface area contributed by atoms with Crippen molar-refractivity contribution in [1.82, 2.24) is 10.2 Å². The second-order valence-electron chi connectivity index (χ2n) is 6.33. The van der Waals surface area contributed by atoms with Gasteiger partial charge in [-0.25, -0.2) is 0 Å². The zero-order valence-corrected chi connectivity index (χ0v) is 12.1. The number of hydrogen-bond acceptors (Lipinski definition) is 2. The molecule has 1 N–H and O–H groups in total. The van der Waals surface area contributed by atoms with Crippen molar-refractivity contribution in [2.75, 3.05) is 7.05 Å². The molecule has 0 radical (unpaired) electrons. The van der Waals surface area contributed by atoms with Gasteiger partial charge in [0, 0.05) is 25.2 Å². The second kappa shape index (κ2) is 6.06. The third-order valence-electron chi connectivity index (χ3n) is 4.54. The van der Waals surface area contributed by atoms with Crippen LogP contribution in [0.15, 0.2) is 24.3 Å². The number of hydrogen-bond donors (Lipinski definition) is 1. The van der Waals surface area contributed by atoms with Crippen LogP contribution in [-0.2, 0) is 13.1 Å². The van der Waals surface area contributed by atoms with Crippen LogP contribution in [0.2, 0.25) is 0 Å². The van der Waals surface area contributed by atoms with E-state index in [2.05, 4.69) is 41.5 Å². The first kappa shape index (κ1) is 13.1. The SMILES string of the molecule is CN(Cc1cccc(CNC2CC2)c1)C1CCCC1. The molecule has 2 fully saturated rings. The first-order valence-corrected chi connectivity index (χ1v) is 7.83. The molecule has 0 amide bonds. The van der Waals surface area contributed by atoms with Crippen LogP contribution in [0.5, 0.6) is 0 Å². The largest absolute Gasteiger partial charge is 0.310 e. The smallest absolute Gasteiger partial charge is 0.0233 e. The summed E-state index contributed by atoms with van der Waals surface area (Å²) in [5.74, 6) is 0. The summed E-state index contributed by atoms with van der Waals surface area (Å²) in [7, 11) is 2.28. The Bertz CT molecular complexity index is 405. The first-order valence-electron chi connectivity index (χ1n) is 7.83. The van der Waals surface area contributed by atoms with Crippen molar-refractivity contribution < 1.29 is 0 Å². The van der Waals surface area contributed by atoms with Crippen molar-refractivity contribution in [3.8, 4) is 0 Å². The van der Waals surface area contributed by atoms with E-state index in [1.54, 1.807) is 0 Å². The third-order valence-corrected chi connectivity index (χ3v) is 4.54. The highest BCUT2D eigenvalue weighted by atomic mass is 15.1. The molecule has 0 spiro atoms. The van der Waals surface area contributed by atoms with E-state index in [-0.39, 0.29) is 0 Å². The third kappa shape index (κ3) is 3.80. The van der Waals surface area contributed by atoms with Gasteiger partial charge in [0.2, 0.25) is 0 Å². The maximum atomic E-state index is 3.59. The minimum absolute atomic E-state index is 0.796. The minimum atomic E-state index is 0.796. The van der Waals surface area contributed by atoms with Gasteiger partial charge < -0.3 is 5.32 Å². The normalized spacial score (nSPS) is 20.3. The number of benzene rings is 1. The number of nitrogens with zero attached hydrogens (tertiary/aromatic N) is 1. The van der Waals surface area contributed by atoms with E-state index in [9.17, 15) is 0 Å². The molecule has 2 nitrogen and oxygen atoms in total. The van der Waals surface area contributed by atoms with E-state index in [1.165, 1.54) is 49.7 Å². The highest BCUT2D eigenvalue weighted by Crippen LogP contribution is 2.24. The highest BCUT2D eigenvalue weighted by Gasteiger charge is 2.20. The Morgan fingerprint density at radius 3 is 2.58 bits per heavy atom.